The van der Waals surface area contributed by atoms with Crippen LogP contribution >= 0.6 is 11.6 Å². The van der Waals surface area contributed by atoms with E-state index in [9.17, 15) is 17.6 Å². The maximum atomic E-state index is 14.9. The number of aromatic nitrogens is 1. The molecule has 2 aromatic carbocycles. The molecule has 0 fully saturated rings. The SMILES string of the molecule is CCOC(=O)Cc1ccc(-c2cc(Cl)cc(F)c2NS(=O)(=O)c2cncc(C)c2C)cc1. The van der Waals surface area contributed by atoms with Gasteiger partial charge in [-0.1, -0.05) is 35.9 Å². The number of carbonyl (C=O) groups excluding carboxylic acids is 1. The molecule has 0 bridgehead atoms. The number of anilines is 1. The fourth-order valence-electron chi connectivity index (χ4n) is 3.15. The summed E-state index contributed by atoms with van der Waals surface area (Å²) in [6.45, 7) is 5.42. The quantitative estimate of drug-likeness (QED) is 0.481. The molecule has 0 aliphatic heterocycles. The minimum Gasteiger partial charge on any atom is -0.466 e. The van der Waals surface area contributed by atoms with E-state index in [0.717, 1.165) is 6.07 Å². The molecule has 0 aliphatic rings. The molecule has 6 nitrogen and oxygen atoms in total. The van der Waals surface area contributed by atoms with E-state index >= 15 is 0 Å². The Bertz CT molecular complexity index is 1260. The second-order valence-electron chi connectivity index (χ2n) is 7.17. The highest BCUT2D eigenvalue weighted by atomic mass is 35.5. The summed E-state index contributed by atoms with van der Waals surface area (Å²) in [6, 6.07) is 9.23. The molecule has 0 spiro atoms. The van der Waals surface area contributed by atoms with Crippen LogP contribution in [0.4, 0.5) is 10.1 Å². The first-order valence-electron chi connectivity index (χ1n) is 9.80. The van der Waals surface area contributed by atoms with Crippen molar-refractivity contribution in [3.63, 3.8) is 0 Å². The Kier molecular flexibility index (Phi) is 7.16. The number of ether oxygens (including phenoxy) is 1. The van der Waals surface area contributed by atoms with Gasteiger partial charge in [0, 0.05) is 23.0 Å². The molecule has 0 saturated carbocycles. The lowest BCUT2D eigenvalue weighted by atomic mass is 10.0. The first kappa shape index (κ1) is 23.7. The van der Waals surface area contributed by atoms with Crippen LogP contribution in [0.15, 0.2) is 53.7 Å². The average Bonchev–Trinajstić information content (AvgIpc) is 2.72. The number of halogens is 2. The van der Waals surface area contributed by atoms with Crippen LogP contribution in [0, 0.1) is 19.7 Å². The second-order valence-corrected chi connectivity index (χ2v) is 9.26. The first-order valence-corrected chi connectivity index (χ1v) is 11.7. The summed E-state index contributed by atoms with van der Waals surface area (Å²) in [5.74, 6) is -1.17. The van der Waals surface area contributed by atoms with Gasteiger partial charge in [-0.3, -0.25) is 14.5 Å². The molecule has 0 amide bonds. The zero-order valence-electron chi connectivity index (χ0n) is 17.8. The Morgan fingerprint density at radius 2 is 1.84 bits per heavy atom. The average molecular weight is 477 g/mol. The van der Waals surface area contributed by atoms with Crippen LogP contribution in [0.1, 0.15) is 23.6 Å². The van der Waals surface area contributed by atoms with Gasteiger partial charge in [0.05, 0.1) is 18.7 Å². The molecule has 0 unspecified atom stereocenters. The number of rotatable bonds is 7. The zero-order chi connectivity index (χ0) is 23.5. The van der Waals surface area contributed by atoms with Crippen LogP contribution in [0.25, 0.3) is 11.1 Å². The van der Waals surface area contributed by atoms with E-state index in [1.54, 1.807) is 51.2 Å². The summed E-state index contributed by atoms with van der Waals surface area (Å²) in [6.07, 6.45) is 2.87. The Balaban J connectivity index is 2.01. The molecule has 168 valence electrons. The van der Waals surface area contributed by atoms with Crippen molar-refractivity contribution in [1.29, 1.82) is 0 Å². The van der Waals surface area contributed by atoms with Crippen molar-refractivity contribution in [2.24, 2.45) is 0 Å². The predicted octanol–water partition coefficient (Wildman–Crippen LogP) is 5.06. The van der Waals surface area contributed by atoms with Crippen molar-refractivity contribution >= 4 is 33.3 Å². The molecule has 32 heavy (non-hydrogen) atoms. The number of carbonyl (C=O) groups is 1. The maximum Gasteiger partial charge on any atom is 0.310 e. The minimum atomic E-state index is -4.12. The van der Waals surface area contributed by atoms with Crippen LogP contribution in [0.2, 0.25) is 5.02 Å². The third kappa shape index (κ3) is 5.26. The number of hydrogen-bond donors (Lipinski definition) is 1. The van der Waals surface area contributed by atoms with Gasteiger partial charge in [0.1, 0.15) is 10.7 Å². The number of aryl methyl sites for hydroxylation is 1. The van der Waals surface area contributed by atoms with E-state index in [0.29, 0.717) is 22.3 Å². The second kappa shape index (κ2) is 9.67. The van der Waals surface area contributed by atoms with Crippen LogP contribution in [-0.2, 0) is 26.0 Å². The van der Waals surface area contributed by atoms with Gasteiger partial charge in [0.2, 0.25) is 0 Å². The number of nitrogens with zero attached hydrogens (tertiary/aromatic N) is 1. The van der Waals surface area contributed by atoms with Gasteiger partial charge in [0.15, 0.2) is 0 Å². The van der Waals surface area contributed by atoms with Gasteiger partial charge >= 0.3 is 5.97 Å². The molecule has 0 radical (unpaired) electrons. The lowest BCUT2D eigenvalue weighted by Crippen LogP contribution is -2.17. The molecular formula is C23H22ClFN2O4S. The molecular weight excluding hydrogens is 455 g/mol. The van der Waals surface area contributed by atoms with E-state index < -0.39 is 15.8 Å². The van der Waals surface area contributed by atoms with Crippen molar-refractivity contribution < 1.29 is 22.3 Å². The summed E-state index contributed by atoms with van der Waals surface area (Å²) in [5.41, 5.74) is 2.48. The fourth-order valence-corrected chi connectivity index (χ4v) is 4.71. The van der Waals surface area contributed by atoms with E-state index in [-0.39, 0.29) is 40.2 Å². The number of pyridine rings is 1. The molecule has 0 atom stereocenters. The summed E-state index contributed by atoms with van der Waals surface area (Å²) in [4.78, 5) is 15.6. The number of benzene rings is 2. The van der Waals surface area contributed by atoms with Crippen molar-refractivity contribution in [3.8, 4) is 11.1 Å². The molecule has 1 N–H and O–H groups in total. The van der Waals surface area contributed by atoms with Gasteiger partial charge in [-0.25, -0.2) is 12.8 Å². The Hall–Kier alpha value is -2.97. The normalized spacial score (nSPS) is 11.3. The van der Waals surface area contributed by atoms with Crippen molar-refractivity contribution in [3.05, 3.63) is 76.3 Å². The number of sulfonamides is 1. The largest absolute Gasteiger partial charge is 0.466 e. The molecule has 9 heteroatoms. The van der Waals surface area contributed by atoms with Crippen LogP contribution in [-0.4, -0.2) is 26.0 Å². The third-order valence-electron chi connectivity index (χ3n) is 4.92. The molecule has 1 aromatic heterocycles. The highest BCUT2D eigenvalue weighted by Crippen LogP contribution is 2.35. The van der Waals surface area contributed by atoms with Crippen molar-refractivity contribution in [2.45, 2.75) is 32.1 Å². The topological polar surface area (TPSA) is 85.4 Å². The molecule has 0 aliphatic carbocycles. The minimum absolute atomic E-state index is 0.0393. The summed E-state index contributed by atoms with van der Waals surface area (Å²) in [7, 11) is -4.12. The standard InChI is InChI=1S/C23H22ClFN2O4S/c1-4-31-22(28)9-16-5-7-17(8-6-16)19-10-18(24)11-20(25)23(19)27-32(29,30)21-13-26-12-14(2)15(21)3/h5-8,10-13,27H,4,9H2,1-3H3. The van der Waals surface area contributed by atoms with Crippen molar-refractivity contribution in [2.75, 3.05) is 11.3 Å². The maximum absolute atomic E-state index is 14.9. The van der Waals surface area contributed by atoms with Crippen LogP contribution < -0.4 is 4.72 Å². The third-order valence-corrected chi connectivity index (χ3v) is 6.60. The van der Waals surface area contributed by atoms with Crippen molar-refractivity contribution in [1.82, 2.24) is 4.98 Å². The Labute approximate surface area is 191 Å². The Morgan fingerprint density at radius 3 is 2.50 bits per heavy atom. The van der Waals surface area contributed by atoms with Crippen LogP contribution in [0.5, 0.6) is 0 Å². The molecule has 1 heterocycles. The van der Waals surface area contributed by atoms with Gasteiger partial charge in [-0.2, -0.15) is 0 Å². The molecule has 3 rings (SSSR count). The molecule has 0 saturated heterocycles. The van der Waals surface area contributed by atoms with Gasteiger partial charge in [-0.15, -0.1) is 0 Å². The first-order chi connectivity index (χ1) is 15.1. The number of hydrogen-bond acceptors (Lipinski definition) is 5. The highest BCUT2D eigenvalue weighted by molar-refractivity contribution is 7.92. The monoisotopic (exact) mass is 476 g/mol. The predicted molar refractivity (Wildman–Crippen MR) is 122 cm³/mol. The number of esters is 1. The highest BCUT2D eigenvalue weighted by Gasteiger charge is 2.23. The van der Waals surface area contributed by atoms with E-state index in [2.05, 4.69) is 9.71 Å². The molecule has 3 aromatic rings. The van der Waals surface area contributed by atoms with Gasteiger partial charge < -0.3 is 4.74 Å². The van der Waals surface area contributed by atoms with E-state index in [1.165, 1.54) is 12.3 Å². The fraction of sp³-hybridized carbons (Fsp3) is 0.217. The lowest BCUT2D eigenvalue weighted by Gasteiger charge is -2.16. The Morgan fingerprint density at radius 1 is 1.16 bits per heavy atom. The van der Waals surface area contributed by atoms with Crippen LogP contribution in [0.3, 0.4) is 0 Å². The van der Waals surface area contributed by atoms with Gasteiger partial charge in [0.25, 0.3) is 10.0 Å². The smallest absolute Gasteiger partial charge is 0.310 e. The zero-order valence-corrected chi connectivity index (χ0v) is 19.3. The summed E-state index contributed by atoms with van der Waals surface area (Å²) >= 11 is 6.05. The van der Waals surface area contributed by atoms with E-state index in [1.807, 2.05) is 0 Å². The lowest BCUT2D eigenvalue weighted by molar-refractivity contribution is -0.142. The summed E-state index contributed by atoms with van der Waals surface area (Å²) in [5, 5.41) is 0.115. The van der Waals surface area contributed by atoms with Gasteiger partial charge in [-0.05, 0) is 55.2 Å². The summed E-state index contributed by atoms with van der Waals surface area (Å²) < 4.78 is 48.2. The number of nitrogens with one attached hydrogen (secondary N) is 1. The van der Waals surface area contributed by atoms with E-state index in [4.69, 9.17) is 16.3 Å².